The van der Waals surface area contributed by atoms with Crippen molar-refractivity contribution >= 4 is 23.6 Å². The van der Waals surface area contributed by atoms with Gasteiger partial charge in [0.15, 0.2) is 6.61 Å². The third-order valence-corrected chi connectivity index (χ3v) is 3.53. The van der Waals surface area contributed by atoms with Gasteiger partial charge in [-0.1, -0.05) is 29.8 Å². The van der Waals surface area contributed by atoms with Gasteiger partial charge in [0.05, 0.1) is 6.61 Å². The SMILES string of the molecule is CCOC(=O)COc1ccc(/C=C(\C#N)C(=O)Nc2ccc(C)cc2)cc1. The molecule has 0 saturated heterocycles. The second-order valence-corrected chi connectivity index (χ2v) is 5.65. The number of rotatable bonds is 7. The van der Waals surface area contributed by atoms with Crippen molar-refractivity contribution in [3.05, 3.63) is 65.2 Å². The Morgan fingerprint density at radius 2 is 1.78 bits per heavy atom. The van der Waals surface area contributed by atoms with Crippen molar-refractivity contribution in [2.75, 3.05) is 18.5 Å². The van der Waals surface area contributed by atoms with Gasteiger partial charge in [-0.2, -0.15) is 5.26 Å². The quantitative estimate of drug-likeness (QED) is 0.462. The molecule has 6 nitrogen and oxygen atoms in total. The first-order valence-corrected chi connectivity index (χ1v) is 8.40. The van der Waals surface area contributed by atoms with E-state index in [1.165, 1.54) is 6.08 Å². The Bertz CT molecular complexity index is 863. The maximum Gasteiger partial charge on any atom is 0.344 e. The number of carbonyl (C=O) groups is 2. The van der Waals surface area contributed by atoms with Crippen molar-refractivity contribution in [3.63, 3.8) is 0 Å². The molecule has 0 aromatic heterocycles. The summed E-state index contributed by atoms with van der Waals surface area (Å²) in [5.74, 6) is -0.437. The molecule has 0 heterocycles. The number of nitrogens with one attached hydrogen (secondary N) is 1. The molecular formula is C21H20N2O4. The van der Waals surface area contributed by atoms with Crippen LogP contribution >= 0.6 is 0 Å². The summed E-state index contributed by atoms with van der Waals surface area (Å²) in [7, 11) is 0. The summed E-state index contributed by atoms with van der Waals surface area (Å²) >= 11 is 0. The van der Waals surface area contributed by atoms with E-state index < -0.39 is 11.9 Å². The van der Waals surface area contributed by atoms with Crippen molar-refractivity contribution in [2.24, 2.45) is 0 Å². The molecule has 0 atom stereocenters. The fourth-order valence-corrected chi connectivity index (χ4v) is 2.16. The van der Waals surface area contributed by atoms with Crippen LogP contribution < -0.4 is 10.1 Å². The van der Waals surface area contributed by atoms with Gasteiger partial charge in [-0.15, -0.1) is 0 Å². The number of hydrogen-bond acceptors (Lipinski definition) is 5. The normalized spacial score (nSPS) is 10.6. The molecule has 0 unspecified atom stereocenters. The van der Waals surface area contributed by atoms with Crippen LogP contribution in [0.3, 0.4) is 0 Å². The van der Waals surface area contributed by atoms with Crippen LogP contribution in [-0.2, 0) is 14.3 Å². The highest BCUT2D eigenvalue weighted by atomic mass is 16.6. The lowest BCUT2D eigenvalue weighted by Gasteiger charge is -2.06. The van der Waals surface area contributed by atoms with Gasteiger partial charge in [-0.05, 0) is 49.8 Å². The summed E-state index contributed by atoms with van der Waals surface area (Å²) in [6, 6.07) is 15.9. The molecule has 0 spiro atoms. The van der Waals surface area contributed by atoms with Crippen molar-refractivity contribution in [1.82, 2.24) is 0 Å². The average Bonchev–Trinajstić information content (AvgIpc) is 2.67. The highest BCUT2D eigenvalue weighted by molar-refractivity contribution is 6.09. The van der Waals surface area contributed by atoms with Crippen molar-refractivity contribution in [2.45, 2.75) is 13.8 Å². The summed E-state index contributed by atoms with van der Waals surface area (Å²) < 4.78 is 10.1. The molecule has 138 valence electrons. The maximum atomic E-state index is 12.3. The third kappa shape index (κ3) is 6.33. The van der Waals surface area contributed by atoms with Crippen LogP contribution in [0.15, 0.2) is 54.1 Å². The van der Waals surface area contributed by atoms with E-state index in [0.717, 1.165) is 5.56 Å². The number of carbonyl (C=O) groups excluding carboxylic acids is 2. The van der Waals surface area contributed by atoms with Crippen LogP contribution in [-0.4, -0.2) is 25.1 Å². The van der Waals surface area contributed by atoms with Crippen LogP contribution in [0, 0.1) is 18.3 Å². The highest BCUT2D eigenvalue weighted by Crippen LogP contribution is 2.16. The number of hydrogen-bond donors (Lipinski definition) is 1. The Labute approximate surface area is 158 Å². The topological polar surface area (TPSA) is 88.4 Å². The van der Waals surface area contributed by atoms with Crippen molar-refractivity contribution in [3.8, 4) is 11.8 Å². The van der Waals surface area contributed by atoms with Crippen LogP contribution in [0.1, 0.15) is 18.1 Å². The Hall–Kier alpha value is -3.59. The number of ether oxygens (including phenoxy) is 2. The molecule has 0 aliphatic heterocycles. The van der Waals surface area contributed by atoms with E-state index >= 15 is 0 Å². The van der Waals surface area contributed by atoms with Crippen molar-refractivity contribution in [1.29, 1.82) is 5.26 Å². The third-order valence-electron chi connectivity index (χ3n) is 3.53. The molecule has 0 aliphatic rings. The predicted octanol–water partition coefficient (Wildman–Crippen LogP) is 3.48. The fraction of sp³-hybridized carbons (Fsp3) is 0.190. The zero-order valence-electron chi connectivity index (χ0n) is 15.2. The minimum Gasteiger partial charge on any atom is -0.482 e. The Morgan fingerprint density at radius 1 is 1.11 bits per heavy atom. The summed E-state index contributed by atoms with van der Waals surface area (Å²) in [4.78, 5) is 23.5. The van der Waals surface area contributed by atoms with Gasteiger partial charge in [-0.3, -0.25) is 4.79 Å². The summed E-state index contributed by atoms with van der Waals surface area (Å²) in [6.07, 6.45) is 1.48. The van der Waals surface area contributed by atoms with Crippen LogP contribution in [0.2, 0.25) is 0 Å². The lowest BCUT2D eigenvalue weighted by Crippen LogP contribution is -2.14. The lowest BCUT2D eigenvalue weighted by molar-refractivity contribution is -0.145. The van der Waals surface area contributed by atoms with E-state index in [0.29, 0.717) is 23.6 Å². The summed E-state index contributed by atoms with van der Waals surface area (Å²) in [5.41, 5.74) is 2.34. The van der Waals surface area contributed by atoms with Crippen LogP contribution in [0.4, 0.5) is 5.69 Å². The molecule has 6 heteroatoms. The molecule has 0 aliphatic carbocycles. The number of anilines is 1. The molecule has 0 bridgehead atoms. The first-order valence-electron chi connectivity index (χ1n) is 8.40. The first kappa shape index (κ1) is 19.7. The second kappa shape index (κ2) is 9.78. The first-order chi connectivity index (χ1) is 13.0. The Balaban J connectivity index is 2.01. The average molecular weight is 364 g/mol. The highest BCUT2D eigenvalue weighted by Gasteiger charge is 2.10. The predicted molar refractivity (Wildman–Crippen MR) is 102 cm³/mol. The van der Waals surface area contributed by atoms with Gasteiger partial charge in [0.1, 0.15) is 17.4 Å². The number of aryl methyl sites for hydroxylation is 1. The number of nitriles is 1. The largest absolute Gasteiger partial charge is 0.482 e. The number of benzene rings is 2. The molecule has 1 amide bonds. The monoisotopic (exact) mass is 364 g/mol. The van der Waals surface area contributed by atoms with E-state index in [1.807, 2.05) is 25.1 Å². The van der Waals surface area contributed by atoms with Gasteiger partial charge < -0.3 is 14.8 Å². The lowest BCUT2D eigenvalue weighted by atomic mass is 10.1. The zero-order valence-corrected chi connectivity index (χ0v) is 15.2. The standard InChI is InChI=1S/C21H20N2O4/c1-3-26-20(24)14-27-19-10-6-16(7-11-19)12-17(13-22)21(25)23-18-8-4-15(2)5-9-18/h4-12H,3,14H2,1-2H3,(H,23,25)/b17-12+. The Morgan fingerprint density at radius 3 is 2.37 bits per heavy atom. The zero-order chi connectivity index (χ0) is 19.6. The van der Waals surface area contributed by atoms with E-state index in [9.17, 15) is 14.9 Å². The van der Waals surface area contributed by atoms with Gasteiger partial charge >= 0.3 is 5.97 Å². The molecule has 2 rings (SSSR count). The molecular weight excluding hydrogens is 344 g/mol. The summed E-state index contributed by atoms with van der Waals surface area (Å²) in [6.45, 7) is 3.80. The molecule has 2 aromatic rings. The van der Waals surface area contributed by atoms with Crippen LogP contribution in [0.5, 0.6) is 5.75 Å². The van der Waals surface area contributed by atoms with Gasteiger partial charge in [0.25, 0.3) is 5.91 Å². The van der Waals surface area contributed by atoms with Gasteiger partial charge in [0, 0.05) is 5.69 Å². The molecule has 27 heavy (non-hydrogen) atoms. The molecule has 0 saturated carbocycles. The smallest absolute Gasteiger partial charge is 0.344 e. The number of amides is 1. The van der Waals surface area contributed by atoms with E-state index in [1.54, 1.807) is 43.3 Å². The van der Waals surface area contributed by atoms with Crippen LogP contribution in [0.25, 0.3) is 6.08 Å². The minimum atomic E-state index is -0.482. The Kier molecular flexibility index (Phi) is 7.15. The number of nitrogens with zero attached hydrogens (tertiary/aromatic N) is 1. The van der Waals surface area contributed by atoms with E-state index in [-0.39, 0.29) is 12.2 Å². The van der Waals surface area contributed by atoms with E-state index in [2.05, 4.69) is 5.32 Å². The molecule has 1 N–H and O–H groups in total. The maximum absolute atomic E-state index is 12.3. The molecule has 0 fully saturated rings. The van der Waals surface area contributed by atoms with E-state index in [4.69, 9.17) is 9.47 Å². The molecule has 0 radical (unpaired) electrons. The number of esters is 1. The van der Waals surface area contributed by atoms with Gasteiger partial charge in [-0.25, -0.2) is 4.79 Å². The molecule has 2 aromatic carbocycles. The van der Waals surface area contributed by atoms with Crippen molar-refractivity contribution < 1.29 is 19.1 Å². The second-order valence-electron chi connectivity index (χ2n) is 5.65. The minimum absolute atomic E-state index is 0.0178. The van der Waals surface area contributed by atoms with Gasteiger partial charge in [0.2, 0.25) is 0 Å². The fourth-order valence-electron chi connectivity index (χ4n) is 2.16. The summed E-state index contributed by atoms with van der Waals surface area (Å²) in [5, 5.41) is 12.0.